The molecule has 0 aliphatic heterocycles. The number of hydrogen-bond donors (Lipinski definition) is 0. The molecule has 0 aliphatic rings. The number of para-hydroxylation sites is 2. The summed E-state index contributed by atoms with van der Waals surface area (Å²) in [6.45, 7) is 2.58. The van der Waals surface area contributed by atoms with Crippen molar-refractivity contribution >= 4 is 23.4 Å². The summed E-state index contributed by atoms with van der Waals surface area (Å²) in [4.78, 5) is 14.3. The zero-order valence-corrected chi connectivity index (χ0v) is 14.1. The van der Waals surface area contributed by atoms with Gasteiger partial charge in [-0.3, -0.25) is 4.79 Å². The maximum absolute atomic E-state index is 12.5. The number of tetrazole rings is 1. The molecule has 0 bridgehead atoms. The molecule has 0 N–H and O–H groups in total. The highest BCUT2D eigenvalue weighted by molar-refractivity contribution is 7.99. The molecule has 122 valence electrons. The number of amides is 1. The van der Waals surface area contributed by atoms with Crippen LogP contribution in [0.2, 0.25) is 0 Å². The first kappa shape index (κ1) is 16.2. The van der Waals surface area contributed by atoms with Gasteiger partial charge in [0.2, 0.25) is 11.1 Å². The van der Waals surface area contributed by atoms with E-state index in [1.807, 2.05) is 67.6 Å². The fraction of sp³-hybridized carbons (Fsp3) is 0.176. The molecule has 0 saturated heterocycles. The third-order valence-corrected chi connectivity index (χ3v) is 4.36. The molecule has 1 amide bonds. The van der Waals surface area contributed by atoms with Crippen LogP contribution in [0.15, 0.2) is 65.8 Å². The Morgan fingerprint density at radius 3 is 2.42 bits per heavy atom. The van der Waals surface area contributed by atoms with Crippen LogP contribution in [0.5, 0.6) is 0 Å². The summed E-state index contributed by atoms with van der Waals surface area (Å²) in [5, 5.41) is 12.3. The summed E-state index contributed by atoms with van der Waals surface area (Å²) in [6.07, 6.45) is 0. The molecule has 3 rings (SSSR count). The van der Waals surface area contributed by atoms with Crippen molar-refractivity contribution in [3.63, 3.8) is 0 Å². The normalized spacial score (nSPS) is 10.5. The van der Waals surface area contributed by atoms with E-state index in [4.69, 9.17) is 0 Å². The number of rotatable bonds is 6. The van der Waals surface area contributed by atoms with Crippen LogP contribution in [0.3, 0.4) is 0 Å². The van der Waals surface area contributed by atoms with Crippen LogP contribution >= 0.6 is 11.8 Å². The highest BCUT2D eigenvalue weighted by atomic mass is 32.2. The predicted octanol–water partition coefficient (Wildman–Crippen LogP) is 2.81. The lowest BCUT2D eigenvalue weighted by molar-refractivity contribution is -0.116. The molecule has 0 saturated carbocycles. The van der Waals surface area contributed by atoms with Crippen molar-refractivity contribution in [3.05, 3.63) is 60.7 Å². The van der Waals surface area contributed by atoms with Gasteiger partial charge in [-0.05, 0) is 41.6 Å². The number of carbonyl (C=O) groups excluding carboxylic acids is 1. The van der Waals surface area contributed by atoms with Gasteiger partial charge in [-0.25, -0.2) is 0 Å². The van der Waals surface area contributed by atoms with Gasteiger partial charge in [-0.2, -0.15) is 4.68 Å². The maximum Gasteiger partial charge on any atom is 0.237 e. The van der Waals surface area contributed by atoms with Crippen LogP contribution in [-0.2, 0) is 4.79 Å². The van der Waals surface area contributed by atoms with Crippen molar-refractivity contribution in [2.24, 2.45) is 0 Å². The van der Waals surface area contributed by atoms with Gasteiger partial charge in [0.25, 0.3) is 0 Å². The van der Waals surface area contributed by atoms with Gasteiger partial charge in [-0.15, -0.1) is 5.10 Å². The van der Waals surface area contributed by atoms with Crippen molar-refractivity contribution < 1.29 is 4.79 Å². The second kappa shape index (κ2) is 7.74. The lowest BCUT2D eigenvalue weighted by Gasteiger charge is -2.20. The molecule has 0 aliphatic carbocycles. The van der Waals surface area contributed by atoms with Crippen molar-refractivity contribution in [3.8, 4) is 5.69 Å². The van der Waals surface area contributed by atoms with Crippen LogP contribution in [0.1, 0.15) is 6.92 Å². The molecule has 0 atom stereocenters. The van der Waals surface area contributed by atoms with Gasteiger partial charge in [0.1, 0.15) is 0 Å². The predicted molar refractivity (Wildman–Crippen MR) is 94.3 cm³/mol. The van der Waals surface area contributed by atoms with Crippen molar-refractivity contribution in [2.45, 2.75) is 12.1 Å². The molecule has 0 fully saturated rings. The number of carbonyl (C=O) groups is 1. The molecule has 1 aromatic heterocycles. The zero-order chi connectivity index (χ0) is 16.8. The van der Waals surface area contributed by atoms with Gasteiger partial charge in [-0.1, -0.05) is 48.2 Å². The smallest absolute Gasteiger partial charge is 0.237 e. The fourth-order valence-corrected chi connectivity index (χ4v) is 3.08. The van der Waals surface area contributed by atoms with E-state index in [2.05, 4.69) is 15.5 Å². The van der Waals surface area contributed by atoms with Gasteiger partial charge in [0.15, 0.2) is 0 Å². The zero-order valence-electron chi connectivity index (χ0n) is 13.2. The molecular formula is C17H17N5OS. The summed E-state index contributed by atoms with van der Waals surface area (Å²) in [7, 11) is 0. The van der Waals surface area contributed by atoms with Gasteiger partial charge in [0, 0.05) is 12.2 Å². The molecule has 3 aromatic rings. The summed E-state index contributed by atoms with van der Waals surface area (Å²) >= 11 is 1.33. The van der Waals surface area contributed by atoms with Crippen LogP contribution in [0.25, 0.3) is 5.69 Å². The Morgan fingerprint density at radius 1 is 1.08 bits per heavy atom. The van der Waals surface area contributed by atoms with Crippen molar-refractivity contribution in [2.75, 3.05) is 17.2 Å². The molecule has 0 spiro atoms. The number of aromatic nitrogens is 4. The Hall–Kier alpha value is -2.67. The average Bonchev–Trinajstić information content (AvgIpc) is 3.11. The molecule has 2 aromatic carbocycles. The first-order chi connectivity index (χ1) is 11.8. The minimum Gasteiger partial charge on any atom is -0.312 e. The minimum absolute atomic E-state index is 0.0244. The van der Waals surface area contributed by atoms with E-state index in [1.165, 1.54) is 11.8 Å². The Bertz CT molecular complexity index is 791. The Kier molecular flexibility index (Phi) is 5.22. The fourth-order valence-electron chi connectivity index (χ4n) is 2.32. The Morgan fingerprint density at radius 2 is 1.75 bits per heavy atom. The molecule has 0 unspecified atom stereocenters. The van der Waals surface area contributed by atoms with E-state index in [0.717, 1.165) is 11.4 Å². The van der Waals surface area contributed by atoms with Crippen molar-refractivity contribution in [1.82, 2.24) is 20.2 Å². The van der Waals surface area contributed by atoms with Gasteiger partial charge in [0.05, 0.1) is 11.4 Å². The Labute approximate surface area is 144 Å². The van der Waals surface area contributed by atoms with Gasteiger partial charge >= 0.3 is 0 Å². The SMILES string of the molecule is CCN(C(=O)CSc1nnnn1-c1ccccc1)c1ccccc1. The molecule has 7 heteroatoms. The molecule has 0 radical (unpaired) electrons. The number of anilines is 1. The molecule has 6 nitrogen and oxygen atoms in total. The van der Waals surface area contributed by atoms with Crippen molar-refractivity contribution in [1.29, 1.82) is 0 Å². The molecular weight excluding hydrogens is 322 g/mol. The highest BCUT2D eigenvalue weighted by Crippen LogP contribution is 2.20. The quantitative estimate of drug-likeness (QED) is 0.646. The summed E-state index contributed by atoms with van der Waals surface area (Å²) in [5.41, 5.74) is 1.76. The monoisotopic (exact) mass is 339 g/mol. The summed E-state index contributed by atoms with van der Waals surface area (Å²) in [5.74, 6) is 0.298. The van der Waals surface area contributed by atoms with E-state index in [0.29, 0.717) is 11.7 Å². The topological polar surface area (TPSA) is 63.9 Å². The van der Waals surface area contributed by atoms with E-state index >= 15 is 0 Å². The molecule has 1 heterocycles. The van der Waals surface area contributed by atoms with E-state index in [9.17, 15) is 4.79 Å². The van der Waals surface area contributed by atoms with Crippen LogP contribution in [-0.4, -0.2) is 38.4 Å². The second-order valence-electron chi connectivity index (χ2n) is 4.97. The summed E-state index contributed by atoms with van der Waals surface area (Å²) < 4.78 is 1.64. The van der Waals surface area contributed by atoms with Gasteiger partial charge < -0.3 is 4.90 Å². The maximum atomic E-state index is 12.5. The number of hydrogen-bond acceptors (Lipinski definition) is 5. The van der Waals surface area contributed by atoms with E-state index in [-0.39, 0.29) is 11.7 Å². The van der Waals surface area contributed by atoms with Crippen LogP contribution < -0.4 is 4.90 Å². The lowest BCUT2D eigenvalue weighted by atomic mass is 10.3. The minimum atomic E-state index is 0.0244. The Balaban J connectivity index is 1.70. The second-order valence-corrected chi connectivity index (χ2v) is 5.91. The number of thioether (sulfide) groups is 1. The molecule has 24 heavy (non-hydrogen) atoms. The average molecular weight is 339 g/mol. The number of benzene rings is 2. The third kappa shape index (κ3) is 3.62. The standard InChI is InChI=1S/C17H17N5OS/c1-2-21(14-9-5-3-6-10-14)16(23)13-24-17-18-19-20-22(17)15-11-7-4-8-12-15/h3-12H,2,13H2,1H3. The first-order valence-corrected chi connectivity index (χ1v) is 8.60. The lowest BCUT2D eigenvalue weighted by Crippen LogP contribution is -2.32. The van der Waals surface area contributed by atoms with Crippen LogP contribution in [0.4, 0.5) is 5.69 Å². The van der Waals surface area contributed by atoms with E-state index in [1.54, 1.807) is 9.58 Å². The van der Waals surface area contributed by atoms with E-state index < -0.39 is 0 Å². The largest absolute Gasteiger partial charge is 0.312 e. The summed E-state index contributed by atoms with van der Waals surface area (Å²) in [6, 6.07) is 19.3. The third-order valence-electron chi connectivity index (χ3n) is 3.45. The first-order valence-electron chi connectivity index (χ1n) is 7.61. The highest BCUT2D eigenvalue weighted by Gasteiger charge is 2.16. The number of nitrogens with zero attached hydrogens (tertiary/aromatic N) is 5. The van der Waals surface area contributed by atoms with Crippen LogP contribution in [0, 0.1) is 0 Å².